The van der Waals surface area contributed by atoms with Gasteiger partial charge in [0.25, 0.3) is 0 Å². The van der Waals surface area contributed by atoms with Crippen LogP contribution in [-0.4, -0.2) is 47.0 Å². The monoisotopic (exact) mass is 499 g/mol. The van der Waals surface area contributed by atoms with E-state index in [9.17, 15) is 9.90 Å². The van der Waals surface area contributed by atoms with Gasteiger partial charge in [0, 0.05) is 23.8 Å². The third kappa shape index (κ3) is 3.50. The molecule has 2 unspecified atom stereocenters. The van der Waals surface area contributed by atoms with Gasteiger partial charge in [-0.1, -0.05) is 11.6 Å². The van der Waals surface area contributed by atoms with Gasteiger partial charge >= 0.3 is 5.97 Å². The summed E-state index contributed by atoms with van der Waals surface area (Å²) in [6, 6.07) is -0.413. The summed E-state index contributed by atoms with van der Waals surface area (Å²) >= 11 is 7.30. The number of aromatic nitrogens is 6. The van der Waals surface area contributed by atoms with Crippen LogP contribution in [0.1, 0.15) is 25.7 Å². The molecule has 2 atom stereocenters. The van der Waals surface area contributed by atoms with Crippen LogP contribution in [0.25, 0.3) is 33.3 Å². The Balaban J connectivity index is 1.49. The number of hydrogen-bond donors (Lipinski definition) is 3. The number of halogens is 2. The smallest absolute Gasteiger partial charge is 0.308 e. The van der Waals surface area contributed by atoms with Crippen molar-refractivity contribution in [3.05, 3.63) is 34.9 Å². The number of carboxylic acid groups (broad SMARTS) is 1. The molecule has 3 aliphatic carbocycles. The lowest BCUT2D eigenvalue weighted by Gasteiger charge is -2.47. The molecule has 0 radical (unpaired) electrons. The molecule has 3 saturated carbocycles. The highest BCUT2D eigenvalue weighted by Crippen LogP contribution is 2.46. The number of aliphatic carboxylic acids is 1. The van der Waals surface area contributed by atoms with E-state index >= 15 is 4.39 Å². The maximum absolute atomic E-state index is 15.7. The van der Waals surface area contributed by atoms with Gasteiger partial charge in [0.2, 0.25) is 0 Å². The predicted octanol–water partition coefficient (Wildman–Crippen LogP) is 4.63. The van der Waals surface area contributed by atoms with Crippen molar-refractivity contribution in [2.75, 3.05) is 5.32 Å². The van der Waals surface area contributed by atoms with Crippen molar-refractivity contribution < 1.29 is 14.3 Å². The van der Waals surface area contributed by atoms with Gasteiger partial charge in [-0.3, -0.25) is 4.79 Å². The van der Waals surface area contributed by atoms with E-state index in [4.69, 9.17) is 11.6 Å². The van der Waals surface area contributed by atoms with E-state index in [1.54, 1.807) is 17.8 Å². The zero-order valence-corrected chi connectivity index (χ0v) is 19.3. The number of H-pyrrole nitrogens is 1. The maximum Gasteiger partial charge on any atom is 0.308 e. The minimum Gasteiger partial charge on any atom is -0.481 e. The largest absolute Gasteiger partial charge is 0.481 e. The van der Waals surface area contributed by atoms with Gasteiger partial charge in [0.15, 0.2) is 23.1 Å². The number of anilines is 1. The van der Waals surface area contributed by atoms with Crippen LogP contribution in [-0.2, 0) is 4.79 Å². The number of hydrogen-bond acceptors (Lipinski definition) is 8. The van der Waals surface area contributed by atoms with E-state index in [2.05, 4.69) is 35.2 Å². The molecular weight excluding hydrogens is 481 g/mol. The molecule has 0 spiro atoms. The second-order valence-corrected chi connectivity index (χ2v) is 9.98. The Hall–Kier alpha value is -3.18. The summed E-state index contributed by atoms with van der Waals surface area (Å²) in [6.45, 7) is 0. The fraction of sp³-hybridized carbons (Fsp3) is 0.364. The zero-order valence-electron chi connectivity index (χ0n) is 17.7. The molecule has 4 heterocycles. The van der Waals surface area contributed by atoms with E-state index in [-0.39, 0.29) is 34.3 Å². The number of aromatic amines is 1. The van der Waals surface area contributed by atoms with Gasteiger partial charge in [-0.05, 0) is 37.5 Å². The molecule has 2 bridgehead atoms. The highest BCUT2D eigenvalue weighted by molar-refractivity contribution is 7.13. The number of thiazole rings is 1. The number of carbonyl (C=O) groups is 1. The van der Waals surface area contributed by atoms with Crippen LogP contribution in [0.15, 0.2) is 24.0 Å². The Morgan fingerprint density at radius 3 is 2.71 bits per heavy atom. The minimum absolute atomic E-state index is 0.0386. The second kappa shape index (κ2) is 8.24. The topological polar surface area (TPSA) is 130 Å². The van der Waals surface area contributed by atoms with E-state index in [0.717, 1.165) is 25.7 Å². The lowest BCUT2D eigenvalue weighted by atomic mass is 9.61. The normalized spacial score (nSPS) is 23.9. The highest BCUT2D eigenvalue weighted by atomic mass is 35.5. The molecule has 4 aromatic heterocycles. The number of nitrogens with one attached hydrogen (secondary N) is 2. The molecule has 0 amide bonds. The van der Waals surface area contributed by atoms with Crippen molar-refractivity contribution in [1.29, 1.82) is 0 Å². The molecule has 9 nitrogen and oxygen atoms in total. The Morgan fingerprint density at radius 1 is 1.18 bits per heavy atom. The molecule has 0 saturated heterocycles. The summed E-state index contributed by atoms with van der Waals surface area (Å²) in [7, 11) is 0. The van der Waals surface area contributed by atoms with Crippen molar-refractivity contribution in [2.45, 2.75) is 31.7 Å². The molecule has 34 heavy (non-hydrogen) atoms. The molecule has 0 aromatic carbocycles. The van der Waals surface area contributed by atoms with Crippen molar-refractivity contribution in [3.8, 4) is 22.1 Å². The Bertz CT molecular complexity index is 1390. The third-order valence-electron chi connectivity index (χ3n) is 6.89. The first kappa shape index (κ1) is 21.4. The van der Waals surface area contributed by atoms with Gasteiger partial charge in [0.05, 0.1) is 17.7 Å². The van der Waals surface area contributed by atoms with Crippen LogP contribution in [0.3, 0.4) is 0 Å². The van der Waals surface area contributed by atoms with E-state index in [0.29, 0.717) is 21.7 Å². The standard InChI is InChI=1S/C22H19ClFN7O2S/c23-12-8-27-20-16(28-12)11(7-26-20)18-30-17(21-25-5-6-34-21)14(24)19(31-18)29-15-10-3-1-9(2-4-10)13(15)22(32)33/h5-10,13,15H,1-4H2,(H,26,27)(H,32,33)(H,29,30,31). The zero-order chi connectivity index (χ0) is 23.4. The first-order chi connectivity index (χ1) is 16.5. The van der Waals surface area contributed by atoms with Crippen molar-refractivity contribution in [2.24, 2.45) is 17.8 Å². The minimum atomic E-state index is -0.858. The molecule has 3 N–H and O–H groups in total. The summed E-state index contributed by atoms with van der Waals surface area (Å²) in [4.78, 5) is 36.8. The van der Waals surface area contributed by atoms with Gasteiger partial charge in [-0.15, -0.1) is 11.3 Å². The SMILES string of the molecule is O=C(O)C1C2CCC(CC2)C1Nc1nc(-c2c[nH]c3ncc(Cl)nc23)nc(-c2nccs2)c1F. The number of carboxylic acids is 1. The number of fused-ring (bicyclic) bond motifs is 4. The number of nitrogens with zero attached hydrogens (tertiary/aromatic N) is 5. The van der Waals surface area contributed by atoms with Crippen molar-refractivity contribution in [1.82, 2.24) is 29.9 Å². The fourth-order valence-electron chi connectivity index (χ4n) is 5.36. The van der Waals surface area contributed by atoms with Crippen LogP contribution in [0.4, 0.5) is 10.2 Å². The molecule has 7 rings (SSSR count). The lowest BCUT2D eigenvalue weighted by Crippen LogP contribution is -2.51. The van der Waals surface area contributed by atoms with Crippen LogP contribution >= 0.6 is 22.9 Å². The van der Waals surface area contributed by atoms with E-state index in [1.807, 2.05) is 0 Å². The maximum atomic E-state index is 15.7. The third-order valence-corrected chi connectivity index (χ3v) is 7.85. The lowest BCUT2D eigenvalue weighted by molar-refractivity contribution is -0.148. The second-order valence-electron chi connectivity index (χ2n) is 8.70. The van der Waals surface area contributed by atoms with Crippen LogP contribution in [0.5, 0.6) is 0 Å². The van der Waals surface area contributed by atoms with Gasteiger partial charge in [-0.25, -0.2) is 29.3 Å². The Morgan fingerprint density at radius 2 is 1.97 bits per heavy atom. The van der Waals surface area contributed by atoms with Crippen LogP contribution < -0.4 is 5.32 Å². The molecule has 12 heteroatoms. The molecular formula is C22H19ClFN7O2S. The average Bonchev–Trinajstić information content (AvgIpc) is 3.51. The van der Waals surface area contributed by atoms with E-state index < -0.39 is 23.7 Å². The highest BCUT2D eigenvalue weighted by Gasteiger charge is 2.47. The molecule has 0 aliphatic heterocycles. The predicted molar refractivity (Wildman–Crippen MR) is 125 cm³/mol. The van der Waals surface area contributed by atoms with Crippen LogP contribution in [0, 0.1) is 23.6 Å². The van der Waals surface area contributed by atoms with Gasteiger partial charge in [0.1, 0.15) is 21.4 Å². The summed E-state index contributed by atoms with van der Waals surface area (Å²) in [5.41, 5.74) is 1.49. The molecule has 3 aliphatic rings. The average molecular weight is 500 g/mol. The summed E-state index contributed by atoms with van der Waals surface area (Å²) in [5, 5.41) is 15.4. The van der Waals surface area contributed by atoms with Gasteiger partial charge < -0.3 is 15.4 Å². The molecule has 3 fully saturated rings. The quantitative estimate of drug-likeness (QED) is 0.362. The summed E-state index contributed by atoms with van der Waals surface area (Å²) < 4.78 is 15.7. The summed E-state index contributed by atoms with van der Waals surface area (Å²) in [6.07, 6.45) is 8.25. The first-order valence-electron chi connectivity index (χ1n) is 11.0. The molecule has 4 aromatic rings. The summed E-state index contributed by atoms with van der Waals surface area (Å²) in [5.74, 6) is -1.71. The van der Waals surface area contributed by atoms with Crippen LogP contribution in [0.2, 0.25) is 5.15 Å². The van der Waals surface area contributed by atoms with Crippen molar-refractivity contribution >= 4 is 45.9 Å². The first-order valence-corrected chi connectivity index (χ1v) is 12.2. The number of rotatable bonds is 5. The Kier molecular flexibility index (Phi) is 5.18. The molecule has 174 valence electrons. The van der Waals surface area contributed by atoms with Gasteiger partial charge in [-0.2, -0.15) is 0 Å². The van der Waals surface area contributed by atoms with E-state index in [1.165, 1.54) is 17.5 Å². The van der Waals surface area contributed by atoms with Crippen molar-refractivity contribution in [3.63, 3.8) is 0 Å². The Labute approximate surface area is 201 Å². The fourth-order valence-corrected chi connectivity index (χ4v) is 6.11.